The van der Waals surface area contributed by atoms with E-state index in [9.17, 15) is 4.39 Å². The lowest BCUT2D eigenvalue weighted by molar-refractivity contribution is 0.0605. The van der Waals surface area contributed by atoms with E-state index in [1.165, 1.54) is 6.07 Å². The number of hydrogen-bond donors (Lipinski definition) is 2. The van der Waals surface area contributed by atoms with Gasteiger partial charge in [-0.3, -0.25) is 11.3 Å². The molecule has 1 atom stereocenters. The first-order valence-corrected chi connectivity index (χ1v) is 6.50. The lowest BCUT2D eigenvalue weighted by atomic mass is 9.88. The summed E-state index contributed by atoms with van der Waals surface area (Å²) in [6, 6.07) is 4.98. The summed E-state index contributed by atoms with van der Waals surface area (Å²) in [7, 11) is 0. The third-order valence-electron chi connectivity index (χ3n) is 3.72. The van der Waals surface area contributed by atoms with Crippen molar-refractivity contribution in [3.8, 4) is 0 Å². The number of nitrogens with two attached hydrogens (primary N) is 1. The molecule has 3 N–H and O–H groups in total. The molecular formula is C14H21FN2O. The molecule has 1 aliphatic rings. The molecule has 4 heteroatoms. The van der Waals surface area contributed by atoms with Crippen LogP contribution in [0, 0.1) is 18.7 Å². The largest absolute Gasteiger partial charge is 0.381 e. The first-order valence-electron chi connectivity index (χ1n) is 6.50. The minimum atomic E-state index is -0.196. The highest BCUT2D eigenvalue weighted by Crippen LogP contribution is 2.28. The van der Waals surface area contributed by atoms with Crippen LogP contribution in [0.2, 0.25) is 0 Å². The molecule has 0 radical (unpaired) electrons. The van der Waals surface area contributed by atoms with Crippen LogP contribution in [0.25, 0.3) is 0 Å². The number of aryl methyl sites for hydroxylation is 1. The maximum Gasteiger partial charge on any atom is 0.123 e. The zero-order valence-electron chi connectivity index (χ0n) is 10.8. The molecule has 2 rings (SSSR count). The average molecular weight is 252 g/mol. The number of halogens is 1. The van der Waals surface area contributed by atoms with Crippen molar-refractivity contribution in [1.29, 1.82) is 0 Å². The third-order valence-corrected chi connectivity index (χ3v) is 3.72. The first kappa shape index (κ1) is 13.5. The quantitative estimate of drug-likeness (QED) is 0.639. The first-order chi connectivity index (χ1) is 8.70. The van der Waals surface area contributed by atoms with E-state index in [1.54, 1.807) is 6.07 Å². The van der Waals surface area contributed by atoms with Gasteiger partial charge in [-0.05, 0) is 55.4 Å². The number of hydrazine groups is 1. The molecule has 1 unspecified atom stereocenters. The van der Waals surface area contributed by atoms with Crippen LogP contribution >= 0.6 is 0 Å². The van der Waals surface area contributed by atoms with Crippen LogP contribution in [-0.4, -0.2) is 13.2 Å². The molecule has 100 valence electrons. The van der Waals surface area contributed by atoms with Gasteiger partial charge in [0.25, 0.3) is 0 Å². The lowest BCUT2D eigenvalue weighted by Gasteiger charge is -2.27. The number of hydrogen-bond acceptors (Lipinski definition) is 3. The molecule has 0 spiro atoms. The fourth-order valence-electron chi connectivity index (χ4n) is 2.63. The second-order valence-electron chi connectivity index (χ2n) is 5.01. The fourth-order valence-corrected chi connectivity index (χ4v) is 2.63. The van der Waals surface area contributed by atoms with Crippen molar-refractivity contribution in [2.75, 3.05) is 13.2 Å². The van der Waals surface area contributed by atoms with Crippen LogP contribution in [0.1, 0.15) is 36.4 Å². The minimum absolute atomic E-state index is 0.0914. The van der Waals surface area contributed by atoms with E-state index in [4.69, 9.17) is 10.6 Å². The summed E-state index contributed by atoms with van der Waals surface area (Å²) >= 11 is 0. The molecule has 1 aromatic carbocycles. The van der Waals surface area contributed by atoms with E-state index < -0.39 is 0 Å². The molecule has 1 aliphatic heterocycles. The van der Waals surface area contributed by atoms with E-state index in [0.717, 1.165) is 43.6 Å². The maximum atomic E-state index is 13.1. The molecule has 3 nitrogen and oxygen atoms in total. The van der Waals surface area contributed by atoms with Crippen molar-refractivity contribution in [1.82, 2.24) is 5.43 Å². The molecule has 0 bridgehead atoms. The van der Waals surface area contributed by atoms with Crippen LogP contribution in [0.3, 0.4) is 0 Å². The van der Waals surface area contributed by atoms with Crippen molar-refractivity contribution in [3.63, 3.8) is 0 Å². The Morgan fingerprint density at radius 3 is 2.78 bits per heavy atom. The Labute approximate surface area is 107 Å². The molecule has 0 aliphatic carbocycles. The third kappa shape index (κ3) is 3.28. The van der Waals surface area contributed by atoms with Gasteiger partial charge in [0, 0.05) is 19.3 Å². The Morgan fingerprint density at radius 2 is 2.17 bits per heavy atom. The van der Waals surface area contributed by atoms with Crippen LogP contribution < -0.4 is 11.3 Å². The zero-order chi connectivity index (χ0) is 13.0. The Hall–Kier alpha value is -0.970. The molecular weight excluding hydrogens is 231 g/mol. The van der Waals surface area contributed by atoms with Gasteiger partial charge in [-0.1, -0.05) is 6.07 Å². The molecule has 1 fully saturated rings. The van der Waals surface area contributed by atoms with Crippen molar-refractivity contribution in [3.05, 3.63) is 35.1 Å². The minimum Gasteiger partial charge on any atom is -0.381 e. The van der Waals surface area contributed by atoms with E-state index >= 15 is 0 Å². The number of nitrogens with one attached hydrogen (secondary N) is 1. The van der Waals surface area contributed by atoms with Gasteiger partial charge >= 0.3 is 0 Å². The van der Waals surface area contributed by atoms with Gasteiger partial charge in [0.05, 0.1) is 0 Å². The van der Waals surface area contributed by atoms with E-state index in [1.807, 2.05) is 13.0 Å². The predicted octanol–water partition coefficient (Wildman–Crippen LogP) is 2.46. The zero-order valence-corrected chi connectivity index (χ0v) is 10.8. The number of ether oxygens (including phenoxy) is 1. The van der Waals surface area contributed by atoms with Crippen molar-refractivity contribution in [2.24, 2.45) is 11.8 Å². The molecule has 0 amide bonds. The molecule has 18 heavy (non-hydrogen) atoms. The number of benzene rings is 1. The number of rotatable bonds is 4. The second-order valence-corrected chi connectivity index (χ2v) is 5.01. The van der Waals surface area contributed by atoms with Gasteiger partial charge in [0.1, 0.15) is 5.82 Å². The van der Waals surface area contributed by atoms with Crippen LogP contribution in [0.5, 0.6) is 0 Å². The van der Waals surface area contributed by atoms with Gasteiger partial charge in [-0.2, -0.15) is 0 Å². The monoisotopic (exact) mass is 252 g/mol. The second kappa shape index (κ2) is 6.27. The van der Waals surface area contributed by atoms with Gasteiger partial charge in [0.15, 0.2) is 0 Å². The molecule has 1 aromatic rings. The Kier molecular flexibility index (Phi) is 4.69. The van der Waals surface area contributed by atoms with Crippen molar-refractivity contribution < 1.29 is 9.13 Å². The summed E-state index contributed by atoms with van der Waals surface area (Å²) in [5.74, 6) is 6.09. The predicted molar refractivity (Wildman–Crippen MR) is 69.4 cm³/mol. The summed E-state index contributed by atoms with van der Waals surface area (Å²) in [6.07, 6.45) is 3.14. The molecule has 0 aromatic heterocycles. The SMILES string of the molecule is Cc1cc(F)ccc1C(CC1CCOCC1)NN. The Balaban J connectivity index is 2.07. The summed E-state index contributed by atoms with van der Waals surface area (Å²) in [6.45, 7) is 3.60. The highest BCUT2D eigenvalue weighted by Gasteiger charge is 2.20. The highest BCUT2D eigenvalue weighted by atomic mass is 19.1. The summed E-state index contributed by atoms with van der Waals surface area (Å²) in [5.41, 5.74) is 4.90. The van der Waals surface area contributed by atoms with Gasteiger partial charge < -0.3 is 4.74 Å². The topological polar surface area (TPSA) is 47.3 Å². The molecule has 0 saturated carbocycles. The standard InChI is InChI=1S/C14H21FN2O/c1-10-8-12(15)2-3-13(10)14(17-16)9-11-4-6-18-7-5-11/h2-3,8,11,14,17H,4-7,9,16H2,1H3. The van der Waals surface area contributed by atoms with E-state index in [2.05, 4.69) is 5.43 Å². The van der Waals surface area contributed by atoms with E-state index in [0.29, 0.717) is 5.92 Å². The average Bonchev–Trinajstić information content (AvgIpc) is 2.38. The van der Waals surface area contributed by atoms with Gasteiger partial charge in [-0.25, -0.2) is 4.39 Å². The maximum absolute atomic E-state index is 13.1. The van der Waals surface area contributed by atoms with Crippen LogP contribution in [-0.2, 0) is 4.74 Å². The molecule has 1 saturated heterocycles. The van der Waals surface area contributed by atoms with Crippen molar-refractivity contribution in [2.45, 2.75) is 32.2 Å². The Bertz CT molecular complexity index is 391. The Morgan fingerprint density at radius 1 is 1.44 bits per heavy atom. The fraction of sp³-hybridized carbons (Fsp3) is 0.571. The van der Waals surface area contributed by atoms with Gasteiger partial charge in [-0.15, -0.1) is 0 Å². The van der Waals surface area contributed by atoms with Crippen LogP contribution in [0.4, 0.5) is 4.39 Å². The summed E-state index contributed by atoms with van der Waals surface area (Å²) in [5, 5.41) is 0. The van der Waals surface area contributed by atoms with Gasteiger partial charge in [0.2, 0.25) is 0 Å². The highest BCUT2D eigenvalue weighted by molar-refractivity contribution is 5.29. The summed E-state index contributed by atoms with van der Waals surface area (Å²) < 4.78 is 18.5. The summed E-state index contributed by atoms with van der Waals surface area (Å²) in [4.78, 5) is 0. The van der Waals surface area contributed by atoms with E-state index in [-0.39, 0.29) is 11.9 Å². The molecule has 1 heterocycles. The van der Waals surface area contributed by atoms with Crippen molar-refractivity contribution >= 4 is 0 Å². The normalized spacial score (nSPS) is 18.8. The lowest BCUT2D eigenvalue weighted by Crippen LogP contribution is -2.31. The van der Waals surface area contributed by atoms with Crippen LogP contribution in [0.15, 0.2) is 18.2 Å². The smallest absolute Gasteiger partial charge is 0.123 e.